The van der Waals surface area contributed by atoms with Crippen LogP contribution in [0.4, 0.5) is 0 Å². The second kappa shape index (κ2) is 8.40. The van der Waals surface area contributed by atoms with Crippen molar-refractivity contribution in [1.29, 1.82) is 0 Å². The minimum absolute atomic E-state index is 0.0110. The zero-order chi connectivity index (χ0) is 14.9. The summed E-state index contributed by atoms with van der Waals surface area (Å²) in [6.45, 7) is 7.04. The molecule has 2 aromatic carbocycles. The van der Waals surface area contributed by atoms with Crippen LogP contribution in [-0.2, 0) is 16.1 Å². The van der Waals surface area contributed by atoms with E-state index >= 15 is 0 Å². The van der Waals surface area contributed by atoms with Crippen molar-refractivity contribution in [2.45, 2.75) is 25.7 Å². The largest absolute Gasteiger partial charge is 0.374 e. The van der Waals surface area contributed by atoms with Crippen LogP contribution < -0.4 is 0 Å². The van der Waals surface area contributed by atoms with Crippen molar-refractivity contribution in [3.63, 3.8) is 0 Å². The van der Waals surface area contributed by atoms with Gasteiger partial charge in [-0.15, -0.1) is 6.58 Å². The van der Waals surface area contributed by atoms with E-state index in [2.05, 4.69) is 18.7 Å². The molecule has 0 saturated heterocycles. The Labute approximate surface area is 127 Å². The maximum Gasteiger partial charge on any atom is 0.101 e. The smallest absolute Gasteiger partial charge is 0.101 e. The van der Waals surface area contributed by atoms with Crippen molar-refractivity contribution in [2.75, 3.05) is 6.61 Å². The zero-order valence-corrected chi connectivity index (χ0v) is 12.4. The van der Waals surface area contributed by atoms with Gasteiger partial charge in [-0.25, -0.2) is 0 Å². The van der Waals surface area contributed by atoms with Crippen LogP contribution in [0.3, 0.4) is 0 Å². The normalized spacial score (nSPS) is 13.6. The van der Waals surface area contributed by atoms with Gasteiger partial charge in [0.05, 0.1) is 19.3 Å². The van der Waals surface area contributed by atoms with Gasteiger partial charge in [-0.1, -0.05) is 66.7 Å². The van der Waals surface area contributed by atoms with Crippen molar-refractivity contribution >= 4 is 0 Å². The van der Waals surface area contributed by atoms with Crippen LogP contribution in [0.15, 0.2) is 73.3 Å². The van der Waals surface area contributed by atoms with Gasteiger partial charge in [-0.3, -0.25) is 0 Å². The molecule has 110 valence electrons. The van der Waals surface area contributed by atoms with Gasteiger partial charge in [-0.2, -0.15) is 0 Å². The lowest BCUT2D eigenvalue weighted by atomic mass is 10.1. The summed E-state index contributed by atoms with van der Waals surface area (Å²) < 4.78 is 11.7. The third kappa shape index (κ3) is 5.18. The Bertz CT molecular complexity index is 522. The van der Waals surface area contributed by atoms with Crippen LogP contribution >= 0.6 is 0 Å². The minimum atomic E-state index is -0.0958. The standard InChI is InChI=1S/C19H22O2/c1-3-19(18-12-8-5-9-13-18)21-16(2)14-20-15-17-10-6-4-7-11-17/h3-13,16,19H,1,14-15H2,2H3. The molecule has 0 amide bonds. The molecule has 2 unspecified atom stereocenters. The van der Waals surface area contributed by atoms with Crippen LogP contribution in [0.25, 0.3) is 0 Å². The molecule has 0 aliphatic rings. The molecule has 2 aromatic rings. The maximum atomic E-state index is 5.98. The minimum Gasteiger partial charge on any atom is -0.374 e. The van der Waals surface area contributed by atoms with E-state index in [4.69, 9.17) is 9.47 Å². The first-order valence-corrected chi connectivity index (χ1v) is 7.24. The summed E-state index contributed by atoms with van der Waals surface area (Å²) in [5.74, 6) is 0. The van der Waals surface area contributed by atoms with Crippen molar-refractivity contribution in [1.82, 2.24) is 0 Å². The molecule has 0 fully saturated rings. The topological polar surface area (TPSA) is 18.5 Å². The van der Waals surface area contributed by atoms with Gasteiger partial charge in [0.25, 0.3) is 0 Å². The molecule has 0 saturated carbocycles. The molecule has 0 heterocycles. The van der Waals surface area contributed by atoms with Crippen LogP contribution in [0.2, 0.25) is 0 Å². The number of benzene rings is 2. The van der Waals surface area contributed by atoms with Gasteiger partial charge >= 0.3 is 0 Å². The molecule has 0 bridgehead atoms. The highest BCUT2D eigenvalue weighted by Crippen LogP contribution is 2.20. The Balaban J connectivity index is 1.78. The second-order valence-corrected chi connectivity index (χ2v) is 5.01. The lowest BCUT2D eigenvalue weighted by Crippen LogP contribution is -2.18. The van der Waals surface area contributed by atoms with Crippen molar-refractivity contribution in [2.24, 2.45) is 0 Å². The van der Waals surface area contributed by atoms with E-state index in [0.717, 1.165) is 5.56 Å². The monoisotopic (exact) mass is 282 g/mol. The third-order valence-electron chi connectivity index (χ3n) is 3.19. The summed E-state index contributed by atoms with van der Waals surface area (Å²) in [7, 11) is 0. The van der Waals surface area contributed by atoms with Gasteiger partial charge in [0.15, 0.2) is 0 Å². The summed E-state index contributed by atoms with van der Waals surface area (Å²) in [5, 5.41) is 0. The SMILES string of the molecule is C=CC(OC(C)COCc1ccccc1)c1ccccc1. The Hall–Kier alpha value is -1.90. The molecule has 21 heavy (non-hydrogen) atoms. The predicted octanol–water partition coefficient (Wildman–Crippen LogP) is 4.54. The predicted molar refractivity (Wildman–Crippen MR) is 86.0 cm³/mol. The first kappa shape index (κ1) is 15.5. The van der Waals surface area contributed by atoms with E-state index < -0.39 is 0 Å². The van der Waals surface area contributed by atoms with E-state index in [1.807, 2.05) is 61.5 Å². The fourth-order valence-corrected chi connectivity index (χ4v) is 2.12. The Morgan fingerprint density at radius 2 is 1.62 bits per heavy atom. The summed E-state index contributed by atoms with van der Waals surface area (Å²) in [5.41, 5.74) is 2.29. The molecule has 2 rings (SSSR count). The fourth-order valence-electron chi connectivity index (χ4n) is 2.12. The molecule has 0 aliphatic heterocycles. The van der Waals surface area contributed by atoms with Crippen molar-refractivity contribution in [3.05, 3.63) is 84.4 Å². The van der Waals surface area contributed by atoms with Gasteiger partial charge in [-0.05, 0) is 18.1 Å². The van der Waals surface area contributed by atoms with E-state index in [9.17, 15) is 0 Å². The highest BCUT2D eigenvalue weighted by atomic mass is 16.5. The van der Waals surface area contributed by atoms with Crippen LogP contribution in [0.1, 0.15) is 24.2 Å². The number of ether oxygens (including phenoxy) is 2. The van der Waals surface area contributed by atoms with E-state index in [-0.39, 0.29) is 12.2 Å². The number of hydrogen-bond donors (Lipinski definition) is 0. The molecule has 2 nitrogen and oxygen atoms in total. The average molecular weight is 282 g/mol. The highest BCUT2D eigenvalue weighted by Gasteiger charge is 2.12. The van der Waals surface area contributed by atoms with E-state index in [0.29, 0.717) is 13.2 Å². The third-order valence-corrected chi connectivity index (χ3v) is 3.19. The lowest BCUT2D eigenvalue weighted by molar-refractivity contribution is -0.0365. The quantitative estimate of drug-likeness (QED) is 0.662. The summed E-state index contributed by atoms with van der Waals surface area (Å²) >= 11 is 0. The van der Waals surface area contributed by atoms with Gasteiger partial charge < -0.3 is 9.47 Å². The molecule has 0 radical (unpaired) electrons. The van der Waals surface area contributed by atoms with E-state index in [1.54, 1.807) is 0 Å². The molecule has 2 atom stereocenters. The number of hydrogen-bond acceptors (Lipinski definition) is 2. The zero-order valence-electron chi connectivity index (χ0n) is 12.4. The van der Waals surface area contributed by atoms with E-state index in [1.165, 1.54) is 5.56 Å². The maximum absolute atomic E-state index is 5.98. The summed E-state index contributed by atoms with van der Waals surface area (Å²) in [6.07, 6.45) is 1.74. The van der Waals surface area contributed by atoms with Gasteiger partial charge in [0.1, 0.15) is 6.10 Å². The van der Waals surface area contributed by atoms with Gasteiger partial charge in [0.2, 0.25) is 0 Å². The first-order valence-electron chi connectivity index (χ1n) is 7.24. The molecule has 0 aromatic heterocycles. The first-order chi connectivity index (χ1) is 10.3. The molecule has 0 N–H and O–H groups in total. The van der Waals surface area contributed by atoms with Crippen LogP contribution in [0.5, 0.6) is 0 Å². The molecule has 0 spiro atoms. The fraction of sp³-hybridized carbons (Fsp3) is 0.263. The summed E-state index contributed by atoms with van der Waals surface area (Å²) in [6, 6.07) is 20.2. The van der Waals surface area contributed by atoms with Crippen LogP contribution in [0, 0.1) is 0 Å². The van der Waals surface area contributed by atoms with Crippen LogP contribution in [-0.4, -0.2) is 12.7 Å². The molecule has 0 aliphatic carbocycles. The Morgan fingerprint density at radius 3 is 2.24 bits per heavy atom. The second-order valence-electron chi connectivity index (χ2n) is 5.01. The van der Waals surface area contributed by atoms with Gasteiger partial charge in [0, 0.05) is 0 Å². The Kier molecular flexibility index (Phi) is 6.20. The average Bonchev–Trinajstić information content (AvgIpc) is 2.54. The summed E-state index contributed by atoms with van der Waals surface area (Å²) in [4.78, 5) is 0. The highest BCUT2D eigenvalue weighted by molar-refractivity contribution is 5.20. The van der Waals surface area contributed by atoms with Crippen molar-refractivity contribution in [3.8, 4) is 0 Å². The number of rotatable bonds is 8. The molecule has 2 heteroatoms. The van der Waals surface area contributed by atoms with Crippen molar-refractivity contribution < 1.29 is 9.47 Å². The molecular weight excluding hydrogens is 260 g/mol. The lowest BCUT2D eigenvalue weighted by Gasteiger charge is -2.20. The Morgan fingerprint density at radius 1 is 1.00 bits per heavy atom. The molecular formula is C19H22O2.